The quantitative estimate of drug-likeness (QED) is 0.573. The standard InChI is InChI=1S/C29H34N6O2/c1-19-9-23(10-26(32-19)21(3)36)35-17-29(18-35)15-33(16-29)13-24-14-34(12-20(2)37-24)27-7-6-22(11-30)28-25(27)5-4-8-31-28/h4-10,20-21,24,36H,12-18H2,1-3H3/t20-,21?,24+/m1/s1. The number of ether oxygens (including phenoxy) is 1. The number of pyridine rings is 2. The van der Waals surface area contributed by atoms with Gasteiger partial charge < -0.3 is 19.6 Å². The third kappa shape index (κ3) is 4.52. The smallest absolute Gasteiger partial charge is 0.101 e. The van der Waals surface area contributed by atoms with Crippen molar-refractivity contribution in [3.63, 3.8) is 0 Å². The number of aliphatic hydroxyl groups excluding tert-OH is 1. The maximum atomic E-state index is 9.96. The van der Waals surface area contributed by atoms with Crippen LogP contribution in [0.3, 0.4) is 0 Å². The number of aliphatic hydroxyl groups is 1. The van der Waals surface area contributed by atoms with Crippen molar-refractivity contribution in [2.45, 2.75) is 39.1 Å². The molecule has 3 saturated heterocycles. The molecule has 0 bridgehead atoms. The van der Waals surface area contributed by atoms with E-state index >= 15 is 0 Å². The van der Waals surface area contributed by atoms with Crippen molar-refractivity contribution in [2.24, 2.45) is 5.41 Å². The number of nitrogens with zero attached hydrogens (tertiary/aromatic N) is 6. The minimum Gasteiger partial charge on any atom is -0.387 e. The van der Waals surface area contributed by atoms with E-state index in [-0.39, 0.29) is 12.2 Å². The number of hydrogen-bond donors (Lipinski definition) is 1. The number of nitriles is 1. The molecule has 37 heavy (non-hydrogen) atoms. The summed E-state index contributed by atoms with van der Waals surface area (Å²) in [6, 6.07) is 14.3. The van der Waals surface area contributed by atoms with Crippen LogP contribution in [0.5, 0.6) is 0 Å². The SMILES string of the molecule is Cc1cc(N2CC3(CN(C[C@H]4CN(c5ccc(C#N)c6ncccc56)C[C@@H](C)O4)C3)C2)cc(C(C)O)n1. The summed E-state index contributed by atoms with van der Waals surface area (Å²) in [5, 5.41) is 20.5. The van der Waals surface area contributed by atoms with Gasteiger partial charge in [-0.25, -0.2) is 0 Å². The predicted molar refractivity (Wildman–Crippen MR) is 144 cm³/mol. The summed E-state index contributed by atoms with van der Waals surface area (Å²) in [7, 11) is 0. The zero-order chi connectivity index (χ0) is 25.7. The van der Waals surface area contributed by atoms with E-state index in [2.05, 4.69) is 55.9 Å². The number of morpholine rings is 1. The number of hydrogen-bond acceptors (Lipinski definition) is 8. The van der Waals surface area contributed by atoms with E-state index in [1.807, 2.05) is 25.1 Å². The first-order valence-electron chi connectivity index (χ1n) is 13.1. The van der Waals surface area contributed by atoms with Gasteiger partial charge in [-0.2, -0.15) is 5.26 Å². The van der Waals surface area contributed by atoms with Crippen LogP contribution in [0.1, 0.15) is 36.9 Å². The van der Waals surface area contributed by atoms with Gasteiger partial charge in [0.1, 0.15) is 6.07 Å². The van der Waals surface area contributed by atoms with E-state index in [0.29, 0.717) is 11.0 Å². The van der Waals surface area contributed by atoms with Crippen LogP contribution in [0, 0.1) is 23.7 Å². The van der Waals surface area contributed by atoms with Crippen LogP contribution >= 0.6 is 0 Å². The molecule has 0 radical (unpaired) electrons. The molecule has 0 aliphatic carbocycles. The van der Waals surface area contributed by atoms with Crippen LogP contribution in [-0.4, -0.2) is 78.0 Å². The zero-order valence-corrected chi connectivity index (χ0v) is 21.8. The lowest BCUT2D eigenvalue weighted by Gasteiger charge is -2.61. The Bertz CT molecular complexity index is 1350. The topological polar surface area (TPSA) is 88.8 Å². The van der Waals surface area contributed by atoms with Gasteiger partial charge in [0.25, 0.3) is 0 Å². The molecule has 2 aromatic heterocycles. The van der Waals surface area contributed by atoms with E-state index in [4.69, 9.17) is 4.74 Å². The minimum absolute atomic E-state index is 0.133. The summed E-state index contributed by atoms with van der Waals surface area (Å²) in [4.78, 5) is 16.3. The molecule has 8 nitrogen and oxygen atoms in total. The Balaban J connectivity index is 1.08. The van der Waals surface area contributed by atoms with Crippen LogP contribution in [0.4, 0.5) is 11.4 Å². The average molecular weight is 499 g/mol. The Morgan fingerprint density at radius 2 is 1.97 bits per heavy atom. The largest absolute Gasteiger partial charge is 0.387 e. The average Bonchev–Trinajstić information content (AvgIpc) is 2.83. The zero-order valence-electron chi connectivity index (χ0n) is 21.8. The van der Waals surface area contributed by atoms with Crippen LogP contribution in [0.15, 0.2) is 42.6 Å². The number of anilines is 2. The fraction of sp³-hybridized carbons (Fsp3) is 0.483. The predicted octanol–water partition coefficient (Wildman–Crippen LogP) is 3.28. The Labute approximate surface area is 218 Å². The highest BCUT2D eigenvalue weighted by Crippen LogP contribution is 2.42. The number of likely N-dealkylation sites (tertiary alicyclic amines) is 1. The highest BCUT2D eigenvalue weighted by Gasteiger charge is 2.52. The Morgan fingerprint density at radius 3 is 2.73 bits per heavy atom. The van der Waals surface area contributed by atoms with E-state index in [0.717, 1.165) is 79.5 Å². The molecule has 1 aromatic carbocycles. The first-order valence-corrected chi connectivity index (χ1v) is 13.1. The van der Waals surface area contributed by atoms with Gasteiger partial charge in [0, 0.05) is 79.9 Å². The lowest BCUT2D eigenvalue weighted by atomic mass is 9.72. The van der Waals surface area contributed by atoms with Crippen molar-refractivity contribution in [3.8, 4) is 6.07 Å². The molecule has 3 aliphatic rings. The molecule has 3 atom stereocenters. The molecule has 6 rings (SSSR count). The second-order valence-corrected chi connectivity index (χ2v) is 11.2. The Kier molecular flexibility index (Phi) is 6.03. The monoisotopic (exact) mass is 498 g/mol. The number of benzene rings is 1. The maximum absolute atomic E-state index is 9.96. The van der Waals surface area contributed by atoms with Crippen LogP contribution < -0.4 is 9.80 Å². The van der Waals surface area contributed by atoms with Gasteiger partial charge in [0.2, 0.25) is 0 Å². The molecule has 1 N–H and O–H groups in total. The fourth-order valence-electron chi connectivity index (χ4n) is 6.40. The third-order valence-electron chi connectivity index (χ3n) is 7.92. The van der Waals surface area contributed by atoms with Crippen molar-refractivity contribution in [1.29, 1.82) is 5.26 Å². The molecule has 8 heteroatoms. The fourth-order valence-corrected chi connectivity index (χ4v) is 6.40. The molecular weight excluding hydrogens is 464 g/mol. The number of aryl methyl sites for hydroxylation is 1. The van der Waals surface area contributed by atoms with Crippen molar-refractivity contribution < 1.29 is 9.84 Å². The number of rotatable bonds is 5. The van der Waals surface area contributed by atoms with Gasteiger partial charge in [-0.05, 0) is 57.2 Å². The Hall–Kier alpha value is -3.25. The van der Waals surface area contributed by atoms with Crippen molar-refractivity contribution in [2.75, 3.05) is 55.6 Å². The summed E-state index contributed by atoms with van der Waals surface area (Å²) in [6.07, 6.45) is 1.47. The molecule has 3 aliphatic heterocycles. The summed E-state index contributed by atoms with van der Waals surface area (Å²) in [5.74, 6) is 0. The summed E-state index contributed by atoms with van der Waals surface area (Å²) in [5.41, 5.74) is 5.72. The second kappa shape index (κ2) is 9.25. The van der Waals surface area contributed by atoms with Gasteiger partial charge in [0.15, 0.2) is 0 Å². The Morgan fingerprint density at radius 1 is 1.16 bits per heavy atom. The normalized spacial score (nSPS) is 24.0. The van der Waals surface area contributed by atoms with Crippen LogP contribution in [0.2, 0.25) is 0 Å². The lowest BCUT2D eigenvalue weighted by Crippen LogP contribution is -2.73. The van der Waals surface area contributed by atoms with Gasteiger partial charge in [-0.1, -0.05) is 0 Å². The number of aromatic nitrogens is 2. The molecule has 3 fully saturated rings. The molecule has 1 unspecified atom stereocenters. The van der Waals surface area contributed by atoms with E-state index in [9.17, 15) is 10.4 Å². The second-order valence-electron chi connectivity index (χ2n) is 11.2. The molecule has 0 amide bonds. The summed E-state index contributed by atoms with van der Waals surface area (Å²) >= 11 is 0. The minimum atomic E-state index is -0.552. The third-order valence-corrected chi connectivity index (χ3v) is 7.92. The molecule has 0 saturated carbocycles. The first kappa shape index (κ1) is 24.1. The maximum Gasteiger partial charge on any atom is 0.101 e. The number of fused-ring (bicyclic) bond motifs is 1. The highest BCUT2D eigenvalue weighted by atomic mass is 16.5. The van der Waals surface area contributed by atoms with Crippen LogP contribution in [-0.2, 0) is 4.74 Å². The lowest BCUT2D eigenvalue weighted by molar-refractivity contribution is -0.0809. The summed E-state index contributed by atoms with van der Waals surface area (Å²) < 4.78 is 6.37. The first-order chi connectivity index (χ1) is 17.8. The molecule has 1 spiro atoms. The molecule has 192 valence electrons. The summed E-state index contributed by atoms with van der Waals surface area (Å²) in [6.45, 7) is 12.8. The van der Waals surface area contributed by atoms with Crippen molar-refractivity contribution in [3.05, 3.63) is 59.5 Å². The van der Waals surface area contributed by atoms with Crippen molar-refractivity contribution in [1.82, 2.24) is 14.9 Å². The van der Waals surface area contributed by atoms with Gasteiger partial charge in [-0.15, -0.1) is 0 Å². The van der Waals surface area contributed by atoms with Crippen LogP contribution in [0.25, 0.3) is 10.9 Å². The van der Waals surface area contributed by atoms with Crippen molar-refractivity contribution >= 4 is 22.3 Å². The van der Waals surface area contributed by atoms with E-state index in [1.165, 1.54) is 0 Å². The highest BCUT2D eigenvalue weighted by molar-refractivity contribution is 5.95. The van der Waals surface area contributed by atoms with Gasteiger partial charge in [0.05, 0.1) is 35.1 Å². The molecule has 3 aromatic rings. The molecular formula is C29H34N6O2. The van der Waals surface area contributed by atoms with Gasteiger partial charge in [-0.3, -0.25) is 14.9 Å². The van der Waals surface area contributed by atoms with Gasteiger partial charge >= 0.3 is 0 Å². The molecule has 5 heterocycles. The van der Waals surface area contributed by atoms with E-state index in [1.54, 1.807) is 13.1 Å². The van der Waals surface area contributed by atoms with E-state index < -0.39 is 6.10 Å².